The number of rotatable bonds is 4. The van der Waals surface area contributed by atoms with Crippen molar-refractivity contribution in [1.82, 2.24) is 0 Å². The molecule has 1 rings (SSSR count). The second-order valence-corrected chi connectivity index (χ2v) is 4.33. The molecule has 0 aromatic heterocycles. The molecule has 84 valence electrons. The normalized spacial score (nSPS) is 15.0. The van der Waals surface area contributed by atoms with Crippen LogP contribution in [0.3, 0.4) is 0 Å². The van der Waals surface area contributed by atoms with Gasteiger partial charge >= 0.3 is 0 Å². The molecule has 0 radical (unpaired) electrons. The lowest BCUT2D eigenvalue weighted by Crippen LogP contribution is -2.27. The van der Waals surface area contributed by atoms with Crippen LogP contribution in [0.5, 0.6) is 0 Å². The molecule has 2 N–H and O–H groups in total. The number of benzene rings is 1. The summed E-state index contributed by atoms with van der Waals surface area (Å²) >= 11 is 11.7. The average Bonchev–Trinajstić information content (AvgIpc) is 2.20. The Morgan fingerprint density at radius 1 is 1.20 bits per heavy atom. The zero-order valence-corrected chi connectivity index (χ0v) is 9.96. The highest BCUT2D eigenvalue weighted by molar-refractivity contribution is 6.35. The Kier molecular flexibility index (Phi) is 4.87. The average molecular weight is 249 g/mol. The van der Waals surface area contributed by atoms with Crippen LogP contribution in [-0.4, -0.2) is 22.4 Å². The predicted octanol–water partition coefficient (Wildman–Crippen LogP) is 2.67. The molecular formula is C11H14Cl2O2. The van der Waals surface area contributed by atoms with Crippen LogP contribution in [0.1, 0.15) is 18.9 Å². The molecule has 0 saturated carbocycles. The highest BCUT2D eigenvalue weighted by Gasteiger charge is 2.16. The van der Waals surface area contributed by atoms with Gasteiger partial charge in [0.15, 0.2) is 0 Å². The second kappa shape index (κ2) is 5.71. The quantitative estimate of drug-likeness (QED) is 0.861. The minimum atomic E-state index is -0.784. The molecule has 2 unspecified atom stereocenters. The van der Waals surface area contributed by atoms with Crippen molar-refractivity contribution in [1.29, 1.82) is 0 Å². The van der Waals surface area contributed by atoms with Crippen molar-refractivity contribution in [2.75, 3.05) is 0 Å². The van der Waals surface area contributed by atoms with E-state index >= 15 is 0 Å². The summed E-state index contributed by atoms with van der Waals surface area (Å²) in [4.78, 5) is 0. The Morgan fingerprint density at radius 2 is 1.87 bits per heavy atom. The van der Waals surface area contributed by atoms with Gasteiger partial charge in [-0.05, 0) is 24.1 Å². The van der Waals surface area contributed by atoms with E-state index in [1.54, 1.807) is 18.2 Å². The van der Waals surface area contributed by atoms with Gasteiger partial charge in [0.2, 0.25) is 0 Å². The Bertz CT molecular complexity index is 328. The number of hydrogen-bond acceptors (Lipinski definition) is 2. The van der Waals surface area contributed by atoms with Crippen LogP contribution in [0, 0.1) is 0 Å². The van der Waals surface area contributed by atoms with Crippen LogP contribution in [0.15, 0.2) is 18.2 Å². The Labute approximate surface area is 99.5 Å². The van der Waals surface area contributed by atoms with Crippen molar-refractivity contribution in [3.8, 4) is 0 Å². The lowest BCUT2D eigenvalue weighted by atomic mass is 10.0. The fourth-order valence-electron chi connectivity index (χ4n) is 1.32. The lowest BCUT2D eigenvalue weighted by Gasteiger charge is -2.16. The molecule has 1 aromatic carbocycles. The monoisotopic (exact) mass is 248 g/mol. The first-order valence-electron chi connectivity index (χ1n) is 4.84. The van der Waals surface area contributed by atoms with E-state index in [9.17, 15) is 10.2 Å². The van der Waals surface area contributed by atoms with Gasteiger partial charge < -0.3 is 10.2 Å². The van der Waals surface area contributed by atoms with E-state index in [4.69, 9.17) is 23.2 Å². The maximum absolute atomic E-state index is 9.62. The molecule has 0 aliphatic heterocycles. The van der Waals surface area contributed by atoms with Gasteiger partial charge in [-0.1, -0.05) is 36.2 Å². The maximum atomic E-state index is 9.62. The van der Waals surface area contributed by atoms with Gasteiger partial charge in [-0.2, -0.15) is 0 Å². The largest absolute Gasteiger partial charge is 0.390 e. The van der Waals surface area contributed by atoms with Crippen LogP contribution in [-0.2, 0) is 6.42 Å². The molecule has 0 aliphatic carbocycles. The summed E-state index contributed by atoms with van der Waals surface area (Å²) < 4.78 is 0. The van der Waals surface area contributed by atoms with Crippen molar-refractivity contribution in [3.05, 3.63) is 33.8 Å². The number of hydrogen-bond donors (Lipinski definition) is 2. The Hall–Kier alpha value is -0.280. The minimum Gasteiger partial charge on any atom is -0.390 e. The number of halogens is 2. The molecule has 2 nitrogen and oxygen atoms in total. The maximum Gasteiger partial charge on any atom is 0.0839 e. The van der Waals surface area contributed by atoms with Crippen LogP contribution < -0.4 is 0 Å². The van der Waals surface area contributed by atoms with Crippen molar-refractivity contribution in [3.63, 3.8) is 0 Å². The van der Waals surface area contributed by atoms with E-state index in [1.807, 2.05) is 6.92 Å². The molecule has 0 amide bonds. The smallest absolute Gasteiger partial charge is 0.0839 e. The van der Waals surface area contributed by atoms with Gasteiger partial charge in [-0.15, -0.1) is 0 Å². The summed E-state index contributed by atoms with van der Waals surface area (Å²) in [6.07, 6.45) is -0.636. The van der Waals surface area contributed by atoms with E-state index in [0.717, 1.165) is 5.56 Å². The second-order valence-electron chi connectivity index (χ2n) is 3.48. The third-order valence-electron chi connectivity index (χ3n) is 2.31. The van der Waals surface area contributed by atoms with Gasteiger partial charge in [0.05, 0.1) is 12.2 Å². The first-order valence-corrected chi connectivity index (χ1v) is 5.60. The van der Waals surface area contributed by atoms with E-state index in [-0.39, 0.29) is 0 Å². The highest BCUT2D eigenvalue weighted by Crippen LogP contribution is 2.22. The predicted molar refractivity (Wildman–Crippen MR) is 62.5 cm³/mol. The molecule has 15 heavy (non-hydrogen) atoms. The van der Waals surface area contributed by atoms with Crippen molar-refractivity contribution < 1.29 is 10.2 Å². The van der Waals surface area contributed by atoms with E-state index in [0.29, 0.717) is 22.9 Å². The van der Waals surface area contributed by atoms with Gasteiger partial charge in [-0.3, -0.25) is 0 Å². The molecule has 4 heteroatoms. The van der Waals surface area contributed by atoms with Crippen molar-refractivity contribution in [2.45, 2.75) is 32.0 Å². The molecule has 0 bridgehead atoms. The summed E-state index contributed by atoms with van der Waals surface area (Å²) in [5, 5.41) is 20.1. The first kappa shape index (κ1) is 12.8. The molecule has 0 spiro atoms. The molecule has 0 heterocycles. The number of aliphatic hydroxyl groups is 2. The standard InChI is InChI=1S/C11H14Cl2O2/c1-2-10(14)11(15)5-7-3-4-8(12)6-9(7)13/h3-4,6,10-11,14-15H,2,5H2,1H3. The zero-order valence-electron chi connectivity index (χ0n) is 8.45. The molecule has 2 atom stereocenters. The van der Waals surface area contributed by atoms with E-state index < -0.39 is 12.2 Å². The minimum absolute atomic E-state index is 0.338. The van der Waals surface area contributed by atoms with Gasteiger partial charge in [0.1, 0.15) is 0 Å². The summed E-state index contributed by atoms with van der Waals surface area (Å²) in [5.41, 5.74) is 0.793. The Morgan fingerprint density at radius 3 is 2.40 bits per heavy atom. The van der Waals surface area contributed by atoms with Crippen LogP contribution in [0.2, 0.25) is 10.0 Å². The Balaban J connectivity index is 2.72. The topological polar surface area (TPSA) is 40.5 Å². The molecular weight excluding hydrogens is 235 g/mol. The number of aliphatic hydroxyl groups excluding tert-OH is 2. The molecule has 0 aliphatic rings. The summed E-state index contributed by atoms with van der Waals surface area (Å²) in [6, 6.07) is 5.10. The fourth-order valence-corrected chi connectivity index (χ4v) is 1.81. The third kappa shape index (κ3) is 3.65. The van der Waals surface area contributed by atoms with Crippen molar-refractivity contribution in [2.24, 2.45) is 0 Å². The van der Waals surface area contributed by atoms with Gasteiger partial charge in [-0.25, -0.2) is 0 Å². The molecule has 0 saturated heterocycles. The van der Waals surface area contributed by atoms with E-state index in [1.165, 1.54) is 0 Å². The zero-order chi connectivity index (χ0) is 11.4. The van der Waals surface area contributed by atoms with Crippen LogP contribution >= 0.6 is 23.2 Å². The van der Waals surface area contributed by atoms with Crippen molar-refractivity contribution >= 4 is 23.2 Å². The SMILES string of the molecule is CCC(O)C(O)Cc1ccc(Cl)cc1Cl. The molecule has 0 fully saturated rings. The van der Waals surface area contributed by atoms with Gasteiger partial charge in [0, 0.05) is 16.5 Å². The van der Waals surface area contributed by atoms with Crippen LogP contribution in [0.25, 0.3) is 0 Å². The highest BCUT2D eigenvalue weighted by atomic mass is 35.5. The van der Waals surface area contributed by atoms with Crippen LogP contribution in [0.4, 0.5) is 0 Å². The fraction of sp³-hybridized carbons (Fsp3) is 0.455. The van der Waals surface area contributed by atoms with E-state index in [2.05, 4.69) is 0 Å². The summed E-state index contributed by atoms with van der Waals surface area (Å²) in [7, 11) is 0. The lowest BCUT2D eigenvalue weighted by molar-refractivity contribution is 0.0182. The summed E-state index contributed by atoms with van der Waals surface area (Å²) in [5.74, 6) is 0. The van der Waals surface area contributed by atoms with Gasteiger partial charge in [0.25, 0.3) is 0 Å². The third-order valence-corrected chi connectivity index (χ3v) is 2.89. The summed E-state index contributed by atoms with van der Waals surface area (Å²) in [6.45, 7) is 1.82. The first-order chi connectivity index (χ1) is 7.04. The molecule has 1 aromatic rings.